The summed E-state index contributed by atoms with van der Waals surface area (Å²) in [4.78, 5) is 29.4. The molecule has 1 aliphatic rings. The van der Waals surface area contributed by atoms with E-state index in [1.807, 2.05) is 42.2 Å². The van der Waals surface area contributed by atoms with Gasteiger partial charge in [-0.05, 0) is 62.6 Å². The maximum atomic E-state index is 12.9. The van der Waals surface area contributed by atoms with E-state index >= 15 is 0 Å². The van der Waals surface area contributed by atoms with Crippen LogP contribution in [0.15, 0.2) is 54.6 Å². The summed E-state index contributed by atoms with van der Waals surface area (Å²) >= 11 is 1.74. The molecule has 0 saturated carbocycles. The average molecular weight is 516 g/mol. The average Bonchev–Trinajstić information content (AvgIpc) is 3.22. The second-order valence-corrected chi connectivity index (χ2v) is 10.5. The minimum Gasteiger partial charge on any atom is -0.494 e. The van der Waals surface area contributed by atoms with Crippen LogP contribution in [-0.4, -0.2) is 53.7 Å². The fourth-order valence-electron chi connectivity index (χ4n) is 4.64. The Labute approximate surface area is 222 Å². The van der Waals surface area contributed by atoms with E-state index in [2.05, 4.69) is 48.3 Å². The molecule has 3 heterocycles. The first-order valence-corrected chi connectivity index (χ1v) is 13.7. The molecule has 192 valence electrons. The van der Waals surface area contributed by atoms with Crippen LogP contribution in [0.2, 0.25) is 0 Å². The van der Waals surface area contributed by atoms with Crippen molar-refractivity contribution in [2.24, 2.45) is 0 Å². The van der Waals surface area contributed by atoms with Crippen molar-refractivity contribution in [3.05, 3.63) is 76.4 Å². The summed E-state index contributed by atoms with van der Waals surface area (Å²) in [5.74, 6) is 2.68. The molecule has 0 bridgehead atoms. The molecular formula is C29H33N5O2S. The Morgan fingerprint density at radius 3 is 2.41 bits per heavy atom. The number of thiophene rings is 1. The van der Waals surface area contributed by atoms with Crippen LogP contribution in [-0.2, 0) is 12.8 Å². The van der Waals surface area contributed by atoms with Crippen LogP contribution < -0.4 is 15.0 Å². The molecule has 8 heteroatoms. The van der Waals surface area contributed by atoms with Crippen LogP contribution >= 0.6 is 11.3 Å². The lowest BCUT2D eigenvalue weighted by molar-refractivity contribution is 0.208. The van der Waals surface area contributed by atoms with Gasteiger partial charge in [0, 0.05) is 43.2 Å². The number of hydrogen-bond acceptors (Lipinski definition) is 6. The summed E-state index contributed by atoms with van der Waals surface area (Å²) in [5.41, 5.74) is 3.31. The molecule has 1 saturated heterocycles. The number of aromatic nitrogens is 2. The zero-order chi connectivity index (χ0) is 25.8. The van der Waals surface area contributed by atoms with Crippen molar-refractivity contribution in [2.45, 2.75) is 33.6 Å². The number of anilines is 2. The van der Waals surface area contributed by atoms with E-state index in [-0.39, 0.29) is 6.03 Å². The Kier molecular flexibility index (Phi) is 7.55. The number of urea groups is 1. The van der Waals surface area contributed by atoms with Crippen LogP contribution in [0.5, 0.6) is 5.75 Å². The van der Waals surface area contributed by atoms with E-state index in [0.29, 0.717) is 19.7 Å². The van der Waals surface area contributed by atoms with Crippen molar-refractivity contribution in [1.82, 2.24) is 14.9 Å². The number of hydrogen-bond donors (Lipinski definition) is 1. The fourth-order valence-corrected chi connectivity index (χ4v) is 5.68. The molecule has 37 heavy (non-hydrogen) atoms. The Balaban J connectivity index is 1.28. The lowest BCUT2D eigenvalue weighted by Gasteiger charge is -2.35. The van der Waals surface area contributed by atoms with E-state index in [4.69, 9.17) is 14.7 Å². The number of carbonyl (C=O) groups excluding carboxylic acids is 1. The minimum absolute atomic E-state index is 0.0808. The van der Waals surface area contributed by atoms with E-state index in [0.717, 1.165) is 59.2 Å². The van der Waals surface area contributed by atoms with E-state index in [9.17, 15) is 4.79 Å². The fraction of sp³-hybridized carbons (Fsp3) is 0.345. The molecule has 1 aliphatic heterocycles. The molecule has 2 aromatic heterocycles. The third-order valence-electron chi connectivity index (χ3n) is 6.82. The number of benzene rings is 2. The van der Waals surface area contributed by atoms with Gasteiger partial charge in [0.15, 0.2) is 0 Å². The number of rotatable bonds is 7. The number of fused-ring (bicyclic) bond motifs is 1. The van der Waals surface area contributed by atoms with Crippen molar-refractivity contribution >= 4 is 39.1 Å². The molecule has 1 N–H and O–H groups in total. The number of amides is 2. The smallest absolute Gasteiger partial charge is 0.321 e. The van der Waals surface area contributed by atoms with Gasteiger partial charge in [-0.3, -0.25) is 0 Å². The molecule has 0 spiro atoms. The van der Waals surface area contributed by atoms with Gasteiger partial charge in [-0.2, -0.15) is 0 Å². The van der Waals surface area contributed by atoms with Crippen molar-refractivity contribution in [3.8, 4) is 5.75 Å². The van der Waals surface area contributed by atoms with Gasteiger partial charge in [0.05, 0.1) is 12.0 Å². The zero-order valence-corrected chi connectivity index (χ0v) is 22.5. The normalized spacial score (nSPS) is 13.7. The quantitative estimate of drug-likeness (QED) is 0.335. The van der Waals surface area contributed by atoms with Crippen LogP contribution in [0.25, 0.3) is 10.2 Å². The summed E-state index contributed by atoms with van der Waals surface area (Å²) in [7, 11) is 0. The van der Waals surface area contributed by atoms with Crippen molar-refractivity contribution < 1.29 is 9.53 Å². The number of piperazine rings is 1. The van der Waals surface area contributed by atoms with E-state index in [1.165, 1.54) is 16.0 Å². The molecule has 7 nitrogen and oxygen atoms in total. The Morgan fingerprint density at radius 1 is 0.973 bits per heavy atom. The SMILES string of the molecule is CCOc1ccc(NC(=O)N2CCN(c3nc(CCc4ccccc4)nc4sc(C)c(C)c34)CC2)cc1. The van der Waals surface area contributed by atoms with Crippen molar-refractivity contribution in [1.29, 1.82) is 0 Å². The predicted octanol–water partition coefficient (Wildman–Crippen LogP) is 5.85. The Morgan fingerprint density at radius 2 is 1.70 bits per heavy atom. The predicted molar refractivity (Wildman–Crippen MR) is 151 cm³/mol. The van der Waals surface area contributed by atoms with Crippen molar-refractivity contribution in [2.75, 3.05) is 43.0 Å². The monoisotopic (exact) mass is 515 g/mol. The number of ether oxygens (including phenoxy) is 1. The summed E-state index contributed by atoms with van der Waals surface area (Å²) in [6.45, 7) is 9.61. The van der Waals surface area contributed by atoms with Gasteiger partial charge in [-0.15, -0.1) is 11.3 Å². The zero-order valence-electron chi connectivity index (χ0n) is 21.7. The van der Waals surface area contributed by atoms with Gasteiger partial charge < -0.3 is 19.9 Å². The van der Waals surface area contributed by atoms with E-state index < -0.39 is 0 Å². The molecule has 0 atom stereocenters. The maximum Gasteiger partial charge on any atom is 0.321 e. The highest BCUT2D eigenvalue weighted by Gasteiger charge is 2.25. The summed E-state index contributed by atoms with van der Waals surface area (Å²) < 4.78 is 5.48. The van der Waals surface area contributed by atoms with Gasteiger partial charge in [0.1, 0.15) is 22.2 Å². The van der Waals surface area contributed by atoms with Gasteiger partial charge in [-0.1, -0.05) is 30.3 Å². The Hall–Kier alpha value is -3.65. The number of nitrogens with one attached hydrogen (secondary N) is 1. The molecule has 4 aromatic rings. The lowest BCUT2D eigenvalue weighted by atomic mass is 10.1. The number of nitrogens with zero attached hydrogens (tertiary/aromatic N) is 4. The first kappa shape index (κ1) is 25.0. The molecule has 0 aliphatic carbocycles. The second-order valence-electron chi connectivity index (χ2n) is 9.27. The largest absolute Gasteiger partial charge is 0.494 e. The number of carbonyl (C=O) groups is 1. The van der Waals surface area contributed by atoms with Gasteiger partial charge in [0.2, 0.25) is 0 Å². The van der Waals surface area contributed by atoms with Gasteiger partial charge in [0.25, 0.3) is 0 Å². The van der Waals surface area contributed by atoms with Gasteiger partial charge >= 0.3 is 6.03 Å². The molecule has 1 fully saturated rings. The highest BCUT2D eigenvalue weighted by Crippen LogP contribution is 2.35. The maximum absolute atomic E-state index is 12.9. The van der Waals surface area contributed by atoms with Crippen LogP contribution in [0.4, 0.5) is 16.3 Å². The molecule has 0 radical (unpaired) electrons. The molecule has 0 unspecified atom stereocenters. The lowest BCUT2D eigenvalue weighted by Crippen LogP contribution is -2.50. The van der Waals surface area contributed by atoms with Crippen LogP contribution in [0.3, 0.4) is 0 Å². The first-order valence-electron chi connectivity index (χ1n) is 12.9. The third-order valence-corrected chi connectivity index (χ3v) is 7.92. The van der Waals surface area contributed by atoms with Crippen LogP contribution in [0.1, 0.15) is 28.8 Å². The summed E-state index contributed by atoms with van der Waals surface area (Å²) in [5, 5.41) is 4.16. The molecule has 2 amide bonds. The minimum atomic E-state index is -0.0808. The van der Waals surface area contributed by atoms with Crippen LogP contribution in [0, 0.1) is 13.8 Å². The molecule has 2 aromatic carbocycles. The highest BCUT2D eigenvalue weighted by molar-refractivity contribution is 7.18. The topological polar surface area (TPSA) is 70.6 Å². The highest BCUT2D eigenvalue weighted by atomic mass is 32.1. The Bertz CT molecular complexity index is 1360. The summed E-state index contributed by atoms with van der Waals surface area (Å²) in [6, 6.07) is 17.9. The molecular weight excluding hydrogens is 482 g/mol. The number of aryl methyl sites for hydroxylation is 4. The van der Waals surface area contributed by atoms with E-state index in [1.54, 1.807) is 11.3 Å². The summed E-state index contributed by atoms with van der Waals surface area (Å²) in [6.07, 6.45) is 1.71. The third kappa shape index (κ3) is 5.69. The van der Waals surface area contributed by atoms with Crippen molar-refractivity contribution in [3.63, 3.8) is 0 Å². The second kappa shape index (κ2) is 11.2. The molecule has 5 rings (SSSR count). The van der Waals surface area contributed by atoms with Gasteiger partial charge in [-0.25, -0.2) is 14.8 Å². The standard InChI is InChI=1S/C29H33N5O2S/c1-4-36-24-13-11-23(12-14-24)30-29(35)34-18-16-33(17-19-34)27-26-20(2)21(3)37-28(26)32-25(31-27)15-10-22-8-6-5-7-9-22/h5-9,11-14H,4,10,15-19H2,1-3H3,(H,30,35). The first-order chi connectivity index (χ1) is 18.0.